The largest absolute Gasteiger partial charge is 0.309 e. The molecule has 0 aliphatic heterocycles. The molecular formula is C63H44N2. The summed E-state index contributed by atoms with van der Waals surface area (Å²) >= 11 is 0. The molecular weight excluding hydrogens is 785 g/mol. The van der Waals surface area contributed by atoms with Gasteiger partial charge >= 0.3 is 0 Å². The third-order valence-corrected chi connectivity index (χ3v) is 14.1. The molecule has 0 spiro atoms. The molecule has 12 aromatic rings. The summed E-state index contributed by atoms with van der Waals surface area (Å²) in [6, 6.07) is 80.4. The fourth-order valence-corrected chi connectivity index (χ4v) is 10.8. The van der Waals surface area contributed by atoms with E-state index in [4.69, 9.17) is 0 Å². The Morgan fingerprint density at radius 1 is 0.338 bits per heavy atom. The van der Waals surface area contributed by atoms with Crippen LogP contribution in [0.25, 0.3) is 111 Å². The Kier molecular flexibility index (Phi) is 8.29. The molecule has 0 amide bonds. The monoisotopic (exact) mass is 828 g/mol. The Morgan fingerprint density at radius 2 is 0.831 bits per heavy atom. The van der Waals surface area contributed by atoms with Gasteiger partial charge in [0.15, 0.2) is 0 Å². The Morgan fingerprint density at radius 3 is 1.57 bits per heavy atom. The minimum atomic E-state index is -0.144. The molecule has 0 unspecified atom stereocenters. The number of aromatic nitrogens is 2. The van der Waals surface area contributed by atoms with E-state index in [1.165, 1.54) is 121 Å². The van der Waals surface area contributed by atoms with Gasteiger partial charge in [0.2, 0.25) is 0 Å². The molecule has 2 aromatic heterocycles. The average Bonchev–Trinajstić information content (AvgIpc) is 3.95. The normalized spacial score (nSPS) is 13.1. The molecule has 306 valence electrons. The zero-order valence-corrected chi connectivity index (χ0v) is 36.3. The molecule has 1 aliphatic rings. The van der Waals surface area contributed by atoms with Crippen LogP contribution in [0.3, 0.4) is 0 Å². The predicted octanol–water partition coefficient (Wildman–Crippen LogP) is 16.8. The van der Waals surface area contributed by atoms with Gasteiger partial charge in [-0.25, -0.2) is 0 Å². The van der Waals surface area contributed by atoms with Gasteiger partial charge in [-0.05, 0) is 122 Å². The number of fused-ring (bicyclic) bond motifs is 10. The van der Waals surface area contributed by atoms with Gasteiger partial charge in [0.1, 0.15) is 0 Å². The number of hydrogen-bond donors (Lipinski definition) is 0. The summed E-state index contributed by atoms with van der Waals surface area (Å²) in [5.41, 5.74) is 19.8. The first-order chi connectivity index (χ1) is 32.0. The van der Waals surface area contributed by atoms with Crippen LogP contribution in [0.15, 0.2) is 218 Å². The Labute approximate surface area is 378 Å². The maximum atomic E-state index is 2.44. The maximum Gasteiger partial charge on any atom is 0.0541 e. The van der Waals surface area contributed by atoms with Crippen LogP contribution in [-0.2, 0) is 5.41 Å². The lowest BCUT2D eigenvalue weighted by Gasteiger charge is -2.22. The molecule has 1 aliphatic carbocycles. The summed E-state index contributed by atoms with van der Waals surface area (Å²) in [5.74, 6) is 0. The zero-order chi connectivity index (χ0) is 43.2. The van der Waals surface area contributed by atoms with Gasteiger partial charge in [-0.15, -0.1) is 0 Å². The second-order valence-corrected chi connectivity index (χ2v) is 18.1. The predicted molar refractivity (Wildman–Crippen MR) is 276 cm³/mol. The molecule has 0 radical (unpaired) electrons. The highest BCUT2D eigenvalue weighted by molar-refractivity contribution is 6.12. The molecule has 0 atom stereocenters. The SMILES string of the molecule is CC1(C)c2cc(C=Cc3ccc(-c4ccc5c(c4)c4ccccc4n5-c4ccccc4)cc3)ccc2-c2ccc(-c3ccc4c(c3)c3ccccc3n4-c3cccc4ccccc34)cc21. The number of rotatable bonds is 6. The van der Waals surface area contributed by atoms with E-state index in [0.29, 0.717) is 0 Å². The van der Waals surface area contributed by atoms with Crippen molar-refractivity contribution in [1.29, 1.82) is 0 Å². The molecule has 13 rings (SSSR count). The van der Waals surface area contributed by atoms with Crippen molar-refractivity contribution < 1.29 is 0 Å². The van der Waals surface area contributed by atoms with Crippen LogP contribution in [0.2, 0.25) is 0 Å². The van der Waals surface area contributed by atoms with Crippen molar-refractivity contribution in [3.05, 3.63) is 241 Å². The van der Waals surface area contributed by atoms with Gasteiger partial charge in [-0.3, -0.25) is 0 Å². The van der Waals surface area contributed by atoms with Crippen molar-refractivity contribution in [2.45, 2.75) is 19.3 Å². The topological polar surface area (TPSA) is 9.86 Å². The van der Waals surface area contributed by atoms with Crippen molar-refractivity contribution in [3.63, 3.8) is 0 Å². The molecule has 2 nitrogen and oxygen atoms in total. The molecule has 2 heteroatoms. The minimum Gasteiger partial charge on any atom is -0.309 e. The number of nitrogens with zero attached hydrogens (tertiary/aromatic N) is 2. The molecule has 0 N–H and O–H groups in total. The van der Waals surface area contributed by atoms with Crippen molar-refractivity contribution >= 4 is 66.5 Å². The minimum absolute atomic E-state index is 0.144. The van der Waals surface area contributed by atoms with Gasteiger partial charge in [-0.2, -0.15) is 0 Å². The summed E-state index contributed by atoms with van der Waals surface area (Å²) in [6.07, 6.45) is 4.50. The van der Waals surface area contributed by atoms with E-state index in [2.05, 4.69) is 254 Å². The van der Waals surface area contributed by atoms with Crippen molar-refractivity contribution in [1.82, 2.24) is 9.13 Å². The highest BCUT2D eigenvalue weighted by atomic mass is 15.0. The molecule has 0 fully saturated rings. The second-order valence-electron chi connectivity index (χ2n) is 18.1. The van der Waals surface area contributed by atoms with Crippen LogP contribution in [0.1, 0.15) is 36.1 Å². The molecule has 10 aromatic carbocycles. The highest BCUT2D eigenvalue weighted by Crippen LogP contribution is 2.50. The van der Waals surface area contributed by atoms with Gasteiger partial charge in [-0.1, -0.05) is 184 Å². The zero-order valence-electron chi connectivity index (χ0n) is 36.3. The number of benzene rings is 10. The quantitative estimate of drug-likeness (QED) is 0.148. The van der Waals surface area contributed by atoms with E-state index < -0.39 is 0 Å². The van der Waals surface area contributed by atoms with Gasteiger partial charge in [0.05, 0.1) is 27.8 Å². The fourth-order valence-electron chi connectivity index (χ4n) is 10.8. The average molecular weight is 829 g/mol. The van der Waals surface area contributed by atoms with Crippen molar-refractivity contribution in [2.24, 2.45) is 0 Å². The lowest BCUT2D eigenvalue weighted by molar-refractivity contribution is 0.660. The van der Waals surface area contributed by atoms with Gasteiger partial charge in [0, 0.05) is 38.0 Å². The van der Waals surface area contributed by atoms with Crippen LogP contribution >= 0.6 is 0 Å². The van der Waals surface area contributed by atoms with Crippen LogP contribution < -0.4 is 0 Å². The highest BCUT2D eigenvalue weighted by Gasteiger charge is 2.35. The maximum absolute atomic E-state index is 2.44. The molecule has 0 saturated carbocycles. The molecule has 0 saturated heterocycles. The van der Waals surface area contributed by atoms with Gasteiger partial charge in [0.25, 0.3) is 0 Å². The second kappa shape index (κ2) is 14.4. The van der Waals surface area contributed by atoms with E-state index in [-0.39, 0.29) is 5.41 Å². The van der Waals surface area contributed by atoms with Crippen LogP contribution in [0.4, 0.5) is 0 Å². The Hall–Kier alpha value is -8.20. The van der Waals surface area contributed by atoms with E-state index in [9.17, 15) is 0 Å². The lowest BCUT2D eigenvalue weighted by Crippen LogP contribution is -2.15. The Balaban J connectivity index is 0.788. The van der Waals surface area contributed by atoms with Gasteiger partial charge < -0.3 is 9.13 Å². The summed E-state index contributed by atoms with van der Waals surface area (Å²) in [6.45, 7) is 4.76. The van der Waals surface area contributed by atoms with Crippen molar-refractivity contribution in [3.8, 4) is 44.8 Å². The molecule has 2 heterocycles. The first-order valence-corrected chi connectivity index (χ1v) is 22.7. The Bertz CT molecular complexity index is 3890. The van der Waals surface area contributed by atoms with Crippen LogP contribution in [-0.4, -0.2) is 9.13 Å². The number of hydrogen-bond acceptors (Lipinski definition) is 0. The standard InChI is InChI=1S/C63H44N2/c1-63(2)56-37-42(24-23-41-25-28-43(29-26-41)45-31-35-61-54(38-45)52-18-8-10-20-59(52)64(61)48-15-4-3-5-16-48)27-33-50(56)51-34-30-47(40-57(51)63)46-32-36-62-55(39-46)53-19-9-11-21-60(53)65(62)58-22-12-14-44-13-6-7-17-49(44)58/h3-40H,1-2H3. The summed E-state index contributed by atoms with van der Waals surface area (Å²) < 4.78 is 4.81. The van der Waals surface area contributed by atoms with E-state index in [0.717, 1.165) is 0 Å². The molecule has 0 bridgehead atoms. The first kappa shape index (κ1) is 37.4. The first-order valence-electron chi connectivity index (χ1n) is 22.7. The summed E-state index contributed by atoms with van der Waals surface area (Å²) in [5, 5.41) is 7.57. The van der Waals surface area contributed by atoms with Crippen LogP contribution in [0.5, 0.6) is 0 Å². The van der Waals surface area contributed by atoms with E-state index >= 15 is 0 Å². The molecule has 65 heavy (non-hydrogen) atoms. The number of para-hydroxylation sites is 3. The summed E-state index contributed by atoms with van der Waals surface area (Å²) in [7, 11) is 0. The van der Waals surface area contributed by atoms with Crippen molar-refractivity contribution in [2.75, 3.05) is 0 Å². The third kappa shape index (κ3) is 5.88. The lowest BCUT2D eigenvalue weighted by atomic mass is 9.81. The summed E-state index contributed by atoms with van der Waals surface area (Å²) in [4.78, 5) is 0. The fraction of sp³-hybridized carbons (Fsp3) is 0.0476. The van der Waals surface area contributed by atoms with E-state index in [1.807, 2.05) is 0 Å². The van der Waals surface area contributed by atoms with E-state index in [1.54, 1.807) is 0 Å². The van der Waals surface area contributed by atoms with Crippen LogP contribution in [0, 0.1) is 0 Å². The smallest absolute Gasteiger partial charge is 0.0541 e. The third-order valence-electron chi connectivity index (χ3n) is 14.1.